The first-order valence-corrected chi connectivity index (χ1v) is 7.96. The van der Waals surface area contributed by atoms with E-state index in [0.717, 1.165) is 11.1 Å². The van der Waals surface area contributed by atoms with E-state index in [1.54, 1.807) is 18.5 Å². The molecule has 6 heteroatoms. The molecule has 3 rings (SSSR count). The number of aromatic hydroxyl groups is 1. The summed E-state index contributed by atoms with van der Waals surface area (Å²) in [5.41, 5.74) is 2.37. The lowest BCUT2D eigenvalue weighted by Gasteiger charge is -2.11. The molecule has 23 heavy (non-hydrogen) atoms. The number of pyridine rings is 1. The molecular weight excluding hydrogens is 312 g/mol. The number of benzene rings is 1. The predicted molar refractivity (Wildman–Crippen MR) is 92.6 cm³/mol. The molecule has 0 saturated heterocycles. The van der Waals surface area contributed by atoms with Gasteiger partial charge in [-0.15, -0.1) is 11.3 Å². The van der Waals surface area contributed by atoms with E-state index < -0.39 is 11.5 Å². The van der Waals surface area contributed by atoms with Gasteiger partial charge >= 0.3 is 0 Å². The Morgan fingerprint density at radius 2 is 2.00 bits per heavy atom. The summed E-state index contributed by atoms with van der Waals surface area (Å²) in [4.78, 5) is 25.0. The van der Waals surface area contributed by atoms with Crippen LogP contribution in [0.25, 0.3) is 10.2 Å². The summed E-state index contributed by atoms with van der Waals surface area (Å²) in [6, 6.07) is 7.41. The molecule has 2 N–H and O–H groups in total. The molecule has 1 aromatic carbocycles. The first-order chi connectivity index (χ1) is 10.9. The Kier molecular flexibility index (Phi) is 3.69. The van der Waals surface area contributed by atoms with Gasteiger partial charge in [0.2, 0.25) is 0 Å². The minimum Gasteiger partial charge on any atom is -0.505 e. The van der Waals surface area contributed by atoms with Crippen LogP contribution < -0.4 is 10.9 Å². The van der Waals surface area contributed by atoms with Crippen molar-refractivity contribution in [2.24, 2.45) is 7.05 Å². The standard InChI is InChI=1S/C17H16N2O3S/c1-9-4-5-10(2)11(8-9)18-16(21)13-14(20)15-12(6-7-23-15)19(3)17(13)22/h4-8,20H,1-3H3,(H,18,21). The first-order valence-electron chi connectivity index (χ1n) is 7.08. The third-order valence-corrected chi connectivity index (χ3v) is 4.75. The molecule has 0 unspecified atom stereocenters. The molecule has 0 aliphatic heterocycles. The van der Waals surface area contributed by atoms with Crippen molar-refractivity contribution in [1.82, 2.24) is 4.57 Å². The molecule has 0 atom stereocenters. The summed E-state index contributed by atoms with van der Waals surface area (Å²) in [6.07, 6.45) is 0. The highest BCUT2D eigenvalue weighted by molar-refractivity contribution is 7.17. The summed E-state index contributed by atoms with van der Waals surface area (Å²) in [6.45, 7) is 3.79. The Hall–Kier alpha value is -2.60. The van der Waals surface area contributed by atoms with Crippen LogP contribution in [0.5, 0.6) is 5.75 Å². The molecule has 0 aliphatic carbocycles. The molecule has 0 fully saturated rings. The number of aryl methyl sites for hydroxylation is 3. The van der Waals surface area contributed by atoms with Gasteiger partial charge in [0.1, 0.15) is 5.56 Å². The Morgan fingerprint density at radius 1 is 1.26 bits per heavy atom. The van der Waals surface area contributed by atoms with Crippen LogP contribution in [0.15, 0.2) is 34.4 Å². The van der Waals surface area contributed by atoms with Gasteiger partial charge in [-0.3, -0.25) is 9.59 Å². The zero-order valence-electron chi connectivity index (χ0n) is 13.0. The molecule has 0 aliphatic rings. The number of fused-ring (bicyclic) bond motifs is 1. The van der Waals surface area contributed by atoms with Crippen molar-refractivity contribution >= 4 is 33.1 Å². The van der Waals surface area contributed by atoms with E-state index in [1.807, 2.05) is 32.0 Å². The van der Waals surface area contributed by atoms with E-state index in [9.17, 15) is 14.7 Å². The number of nitrogens with one attached hydrogen (secondary N) is 1. The van der Waals surface area contributed by atoms with Crippen LogP contribution in [-0.4, -0.2) is 15.6 Å². The lowest BCUT2D eigenvalue weighted by molar-refractivity contribution is 0.102. The molecule has 0 spiro atoms. The quantitative estimate of drug-likeness (QED) is 0.759. The maximum absolute atomic E-state index is 12.6. The Morgan fingerprint density at radius 3 is 2.74 bits per heavy atom. The number of nitrogens with zero attached hydrogens (tertiary/aromatic N) is 1. The van der Waals surface area contributed by atoms with Gasteiger partial charge in [-0.1, -0.05) is 12.1 Å². The number of rotatable bonds is 2. The van der Waals surface area contributed by atoms with Crippen LogP contribution in [0.2, 0.25) is 0 Å². The van der Waals surface area contributed by atoms with Crippen molar-refractivity contribution in [2.45, 2.75) is 13.8 Å². The van der Waals surface area contributed by atoms with Crippen molar-refractivity contribution in [3.8, 4) is 5.75 Å². The normalized spacial score (nSPS) is 10.9. The van der Waals surface area contributed by atoms with Crippen molar-refractivity contribution in [3.05, 3.63) is 56.7 Å². The van der Waals surface area contributed by atoms with E-state index in [-0.39, 0.29) is 11.3 Å². The summed E-state index contributed by atoms with van der Waals surface area (Å²) in [5, 5.41) is 14.9. The second-order valence-electron chi connectivity index (χ2n) is 5.50. The lowest BCUT2D eigenvalue weighted by atomic mass is 10.1. The summed E-state index contributed by atoms with van der Waals surface area (Å²) in [5.74, 6) is -0.868. The minimum absolute atomic E-state index is 0.233. The second kappa shape index (κ2) is 5.55. The van der Waals surface area contributed by atoms with E-state index in [4.69, 9.17) is 0 Å². The highest BCUT2D eigenvalue weighted by Crippen LogP contribution is 2.31. The van der Waals surface area contributed by atoms with E-state index in [1.165, 1.54) is 15.9 Å². The second-order valence-corrected chi connectivity index (χ2v) is 6.41. The van der Waals surface area contributed by atoms with Crippen molar-refractivity contribution in [1.29, 1.82) is 0 Å². The molecule has 2 heterocycles. The highest BCUT2D eigenvalue weighted by atomic mass is 32.1. The molecule has 5 nitrogen and oxygen atoms in total. The van der Waals surface area contributed by atoms with Gasteiger partial charge in [0.25, 0.3) is 11.5 Å². The van der Waals surface area contributed by atoms with E-state index in [0.29, 0.717) is 15.9 Å². The molecular formula is C17H16N2O3S. The molecule has 0 bridgehead atoms. The number of hydrogen-bond donors (Lipinski definition) is 2. The maximum Gasteiger partial charge on any atom is 0.267 e. The monoisotopic (exact) mass is 328 g/mol. The molecule has 1 amide bonds. The number of aromatic nitrogens is 1. The predicted octanol–water partition coefficient (Wildman–Crippen LogP) is 3.17. The Balaban J connectivity index is 2.11. The zero-order chi connectivity index (χ0) is 16.7. The summed E-state index contributed by atoms with van der Waals surface area (Å²) in [7, 11) is 1.59. The molecule has 118 valence electrons. The van der Waals surface area contributed by atoms with Gasteiger partial charge in [-0.2, -0.15) is 0 Å². The maximum atomic E-state index is 12.6. The first kappa shape index (κ1) is 15.3. The fourth-order valence-electron chi connectivity index (χ4n) is 2.50. The van der Waals surface area contributed by atoms with Crippen molar-refractivity contribution < 1.29 is 9.90 Å². The van der Waals surface area contributed by atoms with Crippen LogP contribution in [0.1, 0.15) is 21.5 Å². The summed E-state index contributed by atoms with van der Waals surface area (Å²) < 4.78 is 1.90. The Labute approximate surface area is 136 Å². The smallest absolute Gasteiger partial charge is 0.267 e. The molecule has 3 aromatic rings. The molecule has 0 radical (unpaired) electrons. The van der Waals surface area contributed by atoms with Gasteiger partial charge in [-0.25, -0.2) is 0 Å². The molecule has 2 aromatic heterocycles. The number of carbonyl (C=O) groups excluding carboxylic acids is 1. The number of thiophene rings is 1. The van der Waals surface area contributed by atoms with Crippen LogP contribution in [-0.2, 0) is 7.05 Å². The van der Waals surface area contributed by atoms with Gasteiger partial charge in [0, 0.05) is 12.7 Å². The highest BCUT2D eigenvalue weighted by Gasteiger charge is 2.22. The van der Waals surface area contributed by atoms with Crippen LogP contribution in [0.3, 0.4) is 0 Å². The van der Waals surface area contributed by atoms with Gasteiger partial charge in [-0.05, 0) is 42.5 Å². The fourth-order valence-corrected chi connectivity index (χ4v) is 3.37. The number of carbonyl (C=O) groups is 1. The number of amides is 1. The summed E-state index contributed by atoms with van der Waals surface area (Å²) >= 11 is 1.29. The fraction of sp³-hybridized carbons (Fsp3) is 0.176. The van der Waals surface area contributed by atoms with Crippen molar-refractivity contribution in [2.75, 3.05) is 5.32 Å². The zero-order valence-corrected chi connectivity index (χ0v) is 13.8. The SMILES string of the molecule is Cc1ccc(C)c(NC(=O)c2c(O)c3sccc3n(C)c2=O)c1. The number of hydrogen-bond acceptors (Lipinski definition) is 4. The topological polar surface area (TPSA) is 71.3 Å². The van der Waals surface area contributed by atoms with Crippen molar-refractivity contribution in [3.63, 3.8) is 0 Å². The third-order valence-electron chi connectivity index (χ3n) is 3.84. The van der Waals surface area contributed by atoms with Gasteiger partial charge in [0.05, 0.1) is 10.2 Å². The lowest BCUT2D eigenvalue weighted by Crippen LogP contribution is -2.28. The van der Waals surface area contributed by atoms with E-state index in [2.05, 4.69) is 5.32 Å². The minimum atomic E-state index is -0.605. The van der Waals surface area contributed by atoms with E-state index >= 15 is 0 Å². The van der Waals surface area contributed by atoms with Crippen LogP contribution in [0.4, 0.5) is 5.69 Å². The van der Waals surface area contributed by atoms with Gasteiger partial charge in [0.15, 0.2) is 5.75 Å². The van der Waals surface area contributed by atoms with Crippen LogP contribution in [0, 0.1) is 13.8 Å². The number of anilines is 1. The molecule has 0 saturated carbocycles. The largest absolute Gasteiger partial charge is 0.505 e. The Bertz CT molecular complexity index is 985. The average Bonchev–Trinajstić information content (AvgIpc) is 2.99. The van der Waals surface area contributed by atoms with Crippen LogP contribution >= 0.6 is 11.3 Å². The third kappa shape index (κ3) is 2.51. The van der Waals surface area contributed by atoms with Gasteiger partial charge < -0.3 is 15.0 Å². The average molecular weight is 328 g/mol.